The molecule has 4 heteroatoms. The van der Waals surface area contributed by atoms with Crippen LogP contribution in [0.25, 0.3) is 0 Å². The van der Waals surface area contributed by atoms with Gasteiger partial charge in [0.2, 0.25) is 0 Å². The number of rotatable bonds is 14. The van der Waals surface area contributed by atoms with Crippen molar-refractivity contribution in [2.24, 2.45) is 0 Å². The summed E-state index contributed by atoms with van der Waals surface area (Å²) in [7, 11) is 0. The summed E-state index contributed by atoms with van der Waals surface area (Å²) in [6.07, 6.45) is 9.95. The molecule has 122 valence electrons. The molecule has 0 rings (SSSR count). The Bertz CT molecular complexity index is 197. The molecule has 0 aliphatic heterocycles. The number of hydrogen-bond donors (Lipinski definition) is 1. The zero-order valence-electron chi connectivity index (χ0n) is 14.4. The zero-order valence-corrected chi connectivity index (χ0v) is 20.6. The molecule has 0 atom stereocenters. The van der Waals surface area contributed by atoms with Crippen molar-refractivity contribution in [1.82, 2.24) is 0 Å². The maximum absolute atomic E-state index is 11.1. The first-order chi connectivity index (χ1) is 9.61. The standard InChI is InChI=1S/4C4H9.H2O.O.2Sn.H/c4*1-3-4-2;;;;;/h4*1,3-4H2,2H3;1H2;;;;/q;;;;;;;+1;/p-1. The second kappa shape index (κ2) is 14.1. The molecule has 0 spiro atoms. The van der Waals surface area contributed by atoms with Crippen LogP contribution < -0.4 is 0 Å². The van der Waals surface area contributed by atoms with E-state index in [1.807, 2.05) is 0 Å². The van der Waals surface area contributed by atoms with E-state index in [1.165, 1.54) is 60.2 Å². The number of hydrogen-bond acceptors (Lipinski definition) is 2. The summed E-state index contributed by atoms with van der Waals surface area (Å²) in [5.41, 5.74) is 0. The Labute approximate surface area is 140 Å². The van der Waals surface area contributed by atoms with E-state index in [9.17, 15) is 3.44 Å². The van der Waals surface area contributed by atoms with Crippen molar-refractivity contribution in [2.45, 2.75) is 96.8 Å². The first kappa shape index (κ1) is 21.5. The summed E-state index contributed by atoms with van der Waals surface area (Å²) in [5, 5.41) is 0. The Morgan fingerprint density at radius 3 is 1.50 bits per heavy atom. The van der Waals surface area contributed by atoms with Gasteiger partial charge in [-0.05, 0) is 0 Å². The van der Waals surface area contributed by atoms with E-state index in [0.717, 1.165) is 8.87 Å². The van der Waals surface area contributed by atoms with Gasteiger partial charge in [-0.3, -0.25) is 0 Å². The van der Waals surface area contributed by atoms with Gasteiger partial charge in [0.25, 0.3) is 0 Å². The van der Waals surface area contributed by atoms with Crippen LogP contribution in [0.4, 0.5) is 0 Å². The van der Waals surface area contributed by atoms with Crippen LogP contribution in [-0.2, 0) is 1.41 Å². The Morgan fingerprint density at radius 1 is 0.750 bits per heavy atom. The SMILES string of the molecule is CCC[CH2][SnH]([CH2]CCC)[O][Sn]([OH])([CH2]CCC)[CH2]CCC. The molecule has 0 unspecified atom stereocenters. The van der Waals surface area contributed by atoms with Gasteiger partial charge in [-0.1, -0.05) is 0 Å². The van der Waals surface area contributed by atoms with Crippen molar-refractivity contribution < 1.29 is 4.86 Å². The second-order valence-electron chi connectivity index (χ2n) is 6.18. The molecule has 0 bridgehead atoms. The van der Waals surface area contributed by atoms with Gasteiger partial charge in [0.15, 0.2) is 0 Å². The maximum atomic E-state index is 11.1. The predicted octanol–water partition coefficient (Wildman–Crippen LogP) is 5.36. The van der Waals surface area contributed by atoms with Crippen molar-refractivity contribution >= 4 is 39.4 Å². The van der Waals surface area contributed by atoms with E-state index >= 15 is 0 Å². The molecule has 0 radical (unpaired) electrons. The Kier molecular flexibility index (Phi) is 15.2. The van der Waals surface area contributed by atoms with E-state index in [1.54, 1.807) is 0 Å². The monoisotopic (exact) mass is 502 g/mol. The van der Waals surface area contributed by atoms with E-state index in [4.69, 9.17) is 1.41 Å². The third kappa shape index (κ3) is 11.1. The third-order valence-electron chi connectivity index (χ3n) is 3.99. The van der Waals surface area contributed by atoms with Gasteiger partial charge in [0.1, 0.15) is 0 Å². The molecule has 0 aromatic rings. The fraction of sp³-hybridized carbons (Fsp3) is 1.00. The summed E-state index contributed by atoms with van der Waals surface area (Å²) in [4.78, 5) is 0. The fourth-order valence-corrected chi connectivity index (χ4v) is 38.2. The van der Waals surface area contributed by atoms with Crippen LogP contribution in [0.2, 0.25) is 17.7 Å². The molecule has 0 saturated heterocycles. The van der Waals surface area contributed by atoms with Crippen LogP contribution in [0.1, 0.15) is 79.1 Å². The molecular weight excluding hydrogens is 462 g/mol. The minimum atomic E-state index is -3.17. The van der Waals surface area contributed by atoms with E-state index in [0.29, 0.717) is 0 Å². The van der Waals surface area contributed by atoms with Crippen LogP contribution >= 0.6 is 0 Å². The summed E-state index contributed by atoms with van der Waals surface area (Å²) in [5.74, 6) is 0. The molecule has 0 aromatic heterocycles. The van der Waals surface area contributed by atoms with E-state index in [-0.39, 0.29) is 0 Å². The Hall–Kier alpha value is 1.52. The van der Waals surface area contributed by atoms with E-state index in [2.05, 4.69) is 27.7 Å². The topological polar surface area (TPSA) is 29.5 Å². The second-order valence-corrected chi connectivity index (χ2v) is 26.5. The van der Waals surface area contributed by atoms with Crippen molar-refractivity contribution in [2.75, 3.05) is 0 Å². The van der Waals surface area contributed by atoms with Crippen LogP contribution in [0.3, 0.4) is 0 Å². The molecule has 2 nitrogen and oxygen atoms in total. The van der Waals surface area contributed by atoms with Crippen molar-refractivity contribution in [3.05, 3.63) is 0 Å². The van der Waals surface area contributed by atoms with Crippen LogP contribution in [-0.4, -0.2) is 42.8 Å². The fourth-order valence-electron chi connectivity index (χ4n) is 2.58. The summed E-state index contributed by atoms with van der Waals surface area (Å²) < 4.78 is 22.5. The molecule has 0 aromatic carbocycles. The molecule has 0 aliphatic rings. The molecule has 0 heterocycles. The van der Waals surface area contributed by atoms with Gasteiger partial charge < -0.3 is 0 Å². The molecule has 0 amide bonds. The molecule has 20 heavy (non-hydrogen) atoms. The molecule has 0 saturated carbocycles. The quantitative estimate of drug-likeness (QED) is 0.326. The number of unbranched alkanes of at least 4 members (excludes halogenated alkanes) is 4. The minimum absolute atomic E-state index is 1.05. The third-order valence-corrected chi connectivity index (χ3v) is 33.5. The summed E-state index contributed by atoms with van der Waals surface area (Å²) in [6, 6.07) is 0. The van der Waals surface area contributed by atoms with Crippen LogP contribution in [0, 0.1) is 0 Å². The van der Waals surface area contributed by atoms with Gasteiger partial charge in [0, 0.05) is 0 Å². The first-order valence-corrected chi connectivity index (χ1v) is 21.5. The van der Waals surface area contributed by atoms with Gasteiger partial charge in [-0.25, -0.2) is 0 Å². The van der Waals surface area contributed by atoms with Gasteiger partial charge in [-0.2, -0.15) is 0 Å². The summed E-state index contributed by atoms with van der Waals surface area (Å²) >= 11 is -5.06. The van der Waals surface area contributed by atoms with Crippen molar-refractivity contribution in [3.63, 3.8) is 0 Å². The van der Waals surface area contributed by atoms with Gasteiger partial charge in [-0.15, -0.1) is 0 Å². The molecule has 1 N–H and O–H groups in total. The van der Waals surface area contributed by atoms with E-state index < -0.39 is 39.4 Å². The van der Waals surface area contributed by atoms with Crippen molar-refractivity contribution in [3.8, 4) is 0 Å². The Morgan fingerprint density at radius 2 is 1.15 bits per heavy atom. The normalized spacial score (nSPS) is 12.3. The summed E-state index contributed by atoms with van der Waals surface area (Å²) in [6.45, 7) is 8.99. The van der Waals surface area contributed by atoms with Crippen molar-refractivity contribution in [1.29, 1.82) is 0 Å². The zero-order chi connectivity index (χ0) is 15.3. The average Bonchev–Trinajstić information content (AvgIpc) is 2.46. The van der Waals surface area contributed by atoms with Crippen LogP contribution in [0.5, 0.6) is 0 Å². The first-order valence-electron chi connectivity index (χ1n) is 9.02. The van der Waals surface area contributed by atoms with Crippen LogP contribution in [0.15, 0.2) is 0 Å². The average molecular weight is 500 g/mol. The van der Waals surface area contributed by atoms with Gasteiger partial charge in [0.05, 0.1) is 0 Å². The molecular formula is C16H38O2Sn2. The van der Waals surface area contributed by atoms with Gasteiger partial charge >= 0.3 is 141 Å². The Balaban J connectivity index is 4.48. The molecule has 0 fully saturated rings. The predicted molar refractivity (Wildman–Crippen MR) is 95.1 cm³/mol. The molecule has 0 aliphatic carbocycles.